The third kappa shape index (κ3) is 6.62. The lowest BCUT2D eigenvalue weighted by molar-refractivity contribution is -0.131. The van der Waals surface area contributed by atoms with Crippen molar-refractivity contribution < 1.29 is 13.2 Å². The van der Waals surface area contributed by atoms with Crippen molar-refractivity contribution in [1.29, 1.82) is 0 Å². The Bertz CT molecular complexity index is 585. The Kier molecular flexibility index (Phi) is 8.49. The van der Waals surface area contributed by atoms with Crippen LogP contribution in [-0.2, 0) is 14.8 Å². The Morgan fingerprint density at radius 1 is 1.27 bits per heavy atom. The van der Waals surface area contributed by atoms with Gasteiger partial charge in [-0.25, -0.2) is 8.42 Å². The van der Waals surface area contributed by atoms with Gasteiger partial charge in [-0.3, -0.25) is 14.5 Å². The Balaban J connectivity index is 1.65. The second-order valence-electron chi connectivity index (χ2n) is 6.92. The van der Waals surface area contributed by atoms with Crippen molar-refractivity contribution in [2.45, 2.75) is 62.7 Å². The van der Waals surface area contributed by atoms with Crippen molar-refractivity contribution in [3.63, 3.8) is 0 Å². The monoisotopic (exact) mass is 405 g/mol. The number of unbranched alkanes of at least 4 members (excludes halogenated alkanes) is 1. The van der Waals surface area contributed by atoms with Gasteiger partial charge in [-0.05, 0) is 32.1 Å². The molecule has 0 bridgehead atoms. The second-order valence-corrected chi connectivity index (χ2v) is 9.95. The first kappa shape index (κ1) is 21.3. The Hall–Kier alpha value is -1.00. The summed E-state index contributed by atoms with van der Waals surface area (Å²) in [7, 11) is -3.44. The molecule has 1 amide bonds. The molecule has 0 spiro atoms. The number of hydrogen-bond acceptors (Lipinski definition) is 6. The average Bonchev–Trinajstić information content (AvgIpc) is 3.15. The van der Waals surface area contributed by atoms with Crippen molar-refractivity contribution >= 4 is 33.7 Å². The largest absolute Gasteiger partial charge is 0.369 e. The fraction of sp³-hybridized carbons (Fsp3) is 0.875. The van der Waals surface area contributed by atoms with Crippen LogP contribution in [0.3, 0.4) is 0 Å². The molecule has 5 N–H and O–H groups in total. The molecule has 0 unspecified atom stereocenters. The molecule has 26 heavy (non-hydrogen) atoms. The molecule has 2 rings (SSSR count). The molecule has 8 nitrogen and oxygen atoms in total. The number of sulfonamides is 1. The predicted molar refractivity (Wildman–Crippen MR) is 106 cm³/mol. The molecule has 10 heteroatoms. The van der Waals surface area contributed by atoms with Gasteiger partial charge in [-0.2, -0.15) is 0 Å². The molecule has 1 heterocycles. The molecule has 1 aliphatic carbocycles. The molecular weight excluding hydrogens is 374 g/mol. The molecule has 0 aromatic carbocycles. The van der Waals surface area contributed by atoms with Gasteiger partial charge in [0, 0.05) is 18.8 Å². The zero-order valence-corrected chi connectivity index (χ0v) is 16.9. The van der Waals surface area contributed by atoms with Gasteiger partial charge < -0.3 is 16.4 Å². The second kappa shape index (κ2) is 10.4. The normalized spacial score (nSPS) is 21.0. The van der Waals surface area contributed by atoms with Crippen LogP contribution in [0.1, 0.15) is 51.4 Å². The van der Waals surface area contributed by atoms with Gasteiger partial charge in [0.1, 0.15) is 0 Å². The van der Waals surface area contributed by atoms with Gasteiger partial charge in [-0.15, -0.1) is 11.8 Å². The van der Waals surface area contributed by atoms with Crippen molar-refractivity contribution in [3.05, 3.63) is 0 Å². The fourth-order valence-electron chi connectivity index (χ4n) is 3.26. The summed E-state index contributed by atoms with van der Waals surface area (Å²) in [5, 5.41) is -0.363. The van der Waals surface area contributed by atoms with Crippen LogP contribution in [0.25, 0.3) is 0 Å². The Labute approximate surface area is 160 Å². The Morgan fingerprint density at radius 2 is 2.00 bits per heavy atom. The van der Waals surface area contributed by atoms with E-state index in [9.17, 15) is 13.2 Å². The van der Waals surface area contributed by atoms with E-state index in [-0.39, 0.29) is 17.1 Å². The lowest BCUT2D eigenvalue weighted by Crippen LogP contribution is -2.43. The van der Waals surface area contributed by atoms with E-state index in [1.54, 1.807) is 16.7 Å². The van der Waals surface area contributed by atoms with E-state index in [2.05, 4.69) is 9.71 Å². The maximum absolute atomic E-state index is 12.2. The minimum absolute atomic E-state index is 0.0123. The summed E-state index contributed by atoms with van der Waals surface area (Å²) in [6.07, 6.45) is 6.41. The highest BCUT2D eigenvalue weighted by molar-refractivity contribution is 7.99. The van der Waals surface area contributed by atoms with E-state index in [1.807, 2.05) is 0 Å². The number of nitrogens with zero attached hydrogens (tertiary/aromatic N) is 2. The van der Waals surface area contributed by atoms with Gasteiger partial charge in [-0.1, -0.05) is 19.3 Å². The molecule has 1 aliphatic heterocycles. The third-order valence-electron chi connectivity index (χ3n) is 4.82. The summed E-state index contributed by atoms with van der Waals surface area (Å²) >= 11 is 1.74. The van der Waals surface area contributed by atoms with Gasteiger partial charge >= 0.3 is 0 Å². The first-order chi connectivity index (χ1) is 12.4. The highest BCUT2D eigenvalue weighted by Crippen LogP contribution is 2.22. The highest BCUT2D eigenvalue weighted by atomic mass is 32.2. The molecule has 150 valence electrons. The van der Waals surface area contributed by atoms with Crippen molar-refractivity contribution in [1.82, 2.24) is 9.62 Å². The first-order valence-corrected chi connectivity index (χ1v) is 12.0. The summed E-state index contributed by atoms with van der Waals surface area (Å²) < 4.78 is 26.9. The summed E-state index contributed by atoms with van der Waals surface area (Å²) in [6.45, 7) is 1.19. The van der Waals surface area contributed by atoms with Crippen LogP contribution >= 0.6 is 11.8 Å². The number of thioether (sulfide) groups is 1. The number of amides is 1. The standard InChI is InChI=1S/C16H31N5O3S2/c17-14(15(22)21-10-11-25-12-21)8-4-5-9-19-16(18)20-26(23,24)13-6-2-1-3-7-13/h13-14H,1-12,17H2,(H3,18,19,20)/t14-/m0/s1. The zero-order valence-electron chi connectivity index (χ0n) is 15.2. The molecular formula is C16H31N5O3S2. The van der Waals surface area contributed by atoms with Crippen molar-refractivity contribution in [2.75, 3.05) is 24.7 Å². The van der Waals surface area contributed by atoms with Crippen molar-refractivity contribution in [2.24, 2.45) is 16.5 Å². The van der Waals surface area contributed by atoms with Gasteiger partial charge in [0.25, 0.3) is 0 Å². The SMILES string of the molecule is NC(=NCCCC[C@H](N)C(=O)N1CCSC1)NS(=O)(=O)C1CCCCC1. The summed E-state index contributed by atoms with van der Waals surface area (Å²) in [6, 6.07) is -0.472. The predicted octanol–water partition coefficient (Wildman–Crippen LogP) is 0.584. The molecule has 0 aromatic rings. The van der Waals surface area contributed by atoms with Crippen LogP contribution in [0.2, 0.25) is 0 Å². The Morgan fingerprint density at radius 3 is 2.65 bits per heavy atom. The molecule has 1 atom stereocenters. The van der Waals surface area contributed by atoms with Crippen LogP contribution in [0.15, 0.2) is 4.99 Å². The van der Waals surface area contributed by atoms with Crippen LogP contribution in [0, 0.1) is 0 Å². The number of guanidine groups is 1. The van der Waals surface area contributed by atoms with Gasteiger partial charge in [0.2, 0.25) is 21.9 Å². The summed E-state index contributed by atoms with van der Waals surface area (Å²) in [4.78, 5) is 18.0. The number of carbonyl (C=O) groups excluding carboxylic acids is 1. The van der Waals surface area contributed by atoms with E-state index >= 15 is 0 Å². The van der Waals surface area contributed by atoms with E-state index < -0.39 is 16.1 Å². The zero-order chi connectivity index (χ0) is 19.0. The molecule has 0 radical (unpaired) electrons. The van der Waals surface area contributed by atoms with E-state index in [0.29, 0.717) is 32.2 Å². The van der Waals surface area contributed by atoms with Crippen LogP contribution < -0.4 is 16.2 Å². The van der Waals surface area contributed by atoms with Crippen molar-refractivity contribution in [3.8, 4) is 0 Å². The minimum Gasteiger partial charge on any atom is -0.369 e. The summed E-state index contributed by atoms with van der Waals surface area (Å²) in [5.41, 5.74) is 11.7. The maximum atomic E-state index is 12.2. The quantitative estimate of drug-likeness (QED) is 0.308. The number of carbonyl (C=O) groups is 1. The third-order valence-corrected chi connectivity index (χ3v) is 7.63. The number of aliphatic imine (C=N–C) groups is 1. The van der Waals surface area contributed by atoms with Crippen LogP contribution in [0.5, 0.6) is 0 Å². The molecule has 0 aromatic heterocycles. The van der Waals surface area contributed by atoms with E-state index in [1.165, 1.54) is 0 Å². The number of hydrogen-bond donors (Lipinski definition) is 3. The molecule has 2 aliphatic rings. The van der Waals surface area contributed by atoms with Crippen LogP contribution in [-0.4, -0.2) is 61.2 Å². The van der Waals surface area contributed by atoms with E-state index in [4.69, 9.17) is 11.5 Å². The highest BCUT2D eigenvalue weighted by Gasteiger charge is 2.27. The molecule has 1 saturated heterocycles. The van der Waals surface area contributed by atoms with Crippen LogP contribution in [0.4, 0.5) is 0 Å². The smallest absolute Gasteiger partial charge is 0.240 e. The maximum Gasteiger partial charge on any atom is 0.240 e. The number of rotatable bonds is 8. The fourth-order valence-corrected chi connectivity index (χ4v) is 5.69. The topological polar surface area (TPSA) is 131 Å². The molecule has 2 fully saturated rings. The first-order valence-electron chi connectivity index (χ1n) is 9.34. The van der Waals surface area contributed by atoms with Gasteiger partial charge in [0.05, 0.1) is 17.2 Å². The number of nitrogens with one attached hydrogen (secondary N) is 1. The molecule has 1 saturated carbocycles. The summed E-state index contributed by atoms with van der Waals surface area (Å²) in [5.74, 6) is 1.67. The van der Waals surface area contributed by atoms with E-state index in [0.717, 1.165) is 43.9 Å². The average molecular weight is 406 g/mol. The number of nitrogens with two attached hydrogens (primary N) is 2. The lowest BCUT2D eigenvalue weighted by Gasteiger charge is -2.22. The minimum atomic E-state index is -3.44. The lowest BCUT2D eigenvalue weighted by atomic mass is 10.0. The van der Waals surface area contributed by atoms with Gasteiger partial charge in [0.15, 0.2) is 0 Å².